The minimum Gasteiger partial charge on any atom is -0.351 e. The molecule has 0 radical (unpaired) electrons. The van der Waals surface area contributed by atoms with Gasteiger partial charge in [0.1, 0.15) is 5.82 Å². The molecule has 1 aliphatic carbocycles. The van der Waals surface area contributed by atoms with Gasteiger partial charge in [-0.1, -0.05) is 38.3 Å². The van der Waals surface area contributed by atoms with Crippen molar-refractivity contribution in [1.29, 1.82) is 0 Å². The van der Waals surface area contributed by atoms with Gasteiger partial charge >= 0.3 is 0 Å². The van der Waals surface area contributed by atoms with Crippen molar-refractivity contribution >= 4 is 32.7 Å². The zero-order chi connectivity index (χ0) is 26.0. The van der Waals surface area contributed by atoms with Gasteiger partial charge in [-0.15, -0.1) is 0 Å². The normalized spacial score (nSPS) is 14.6. The van der Waals surface area contributed by atoms with Crippen molar-refractivity contribution in [2.45, 2.75) is 70.2 Å². The summed E-state index contributed by atoms with van der Waals surface area (Å²) in [7, 11) is -3.72. The Balaban J connectivity index is 1.42. The SMILES string of the molecule is CCc1cc(-c2ccc(NS(=O)(=O)c3cccc(C)c3)nc2C)cc2cnc(NC3CCCCC3)nc12. The highest BCUT2D eigenvalue weighted by molar-refractivity contribution is 7.92. The lowest BCUT2D eigenvalue weighted by atomic mass is 9.96. The number of pyridine rings is 1. The molecule has 0 aliphatic heterocycles. The molecule has 8 heteroatoms. The van der Waals surface area contributed by atoms with Crippen LogP contribution in [0.4, 0.5) is 11.8 Å². The van der Waals surface area contributed by atoms with Gasteiger partial charge in [0.25, 0.3) is 10.0 Å². The summed E-state index contributed by atoms with van der Waals surface area (Å²) in [5, 5.41) is 4.51. The van der Waals surface area contributed by atoms with Crippen LogP contribution in [0.3, 0.4) is 0 Å². The molecule has 0 unspecified atom stereocenters. The zero-order valence-corrected chi connectivity index (χ0v) is 22.4. The van der Waals surface area contributed by atoms with E-state index in [9.17, 15) is 8.42 Å². The first-order chi connectivity index (χ1) is 17.8. The van der Waals surface area contributed by atoms with Crippen molar-refractivity contribution < 1.29 is 8.42 Å². The maximum Gasteiger partial charge on any atom is 0.263 e. The number of fused-ring (bicyclic) bond motifs is 1. The number of aromatic nitrogens is 3. The van der Waals surface area contributed by atoms with Crippen LogP contribution >= 0.6 is 0 Å². The molecule has 1 aliphatic rings. The second-order valence-corrected chi connectivity index (χ2v) is 11.5. The predicted molar refractivity (Wildman–Crippen MR) is 149 cm³/mol. The lowest BCUT2D eigenvalue weighted by molar-refractivity contribution is 0.461. The quantitative estimate of drug-likeness (QED) is 0.295. The van der Waals surface area contributed by atoms with Gasteiger partial charge in [0.2, 0.25) is 5.95 Å². The Morgan fingerprint density at radius 3 is 2.51 bits per heavy atom. The Morgan fingerprint density at radius 1 is 0.973 bits per heavy atom. The molecule has 2 aromatic carbocycles. The molecular weight excluding hydrogens is 482 g/mol. The van der Waals surface area contributed by atoms with E-state index >= 15 is 0 Å². The monoisotopic (exact) mass is 515 g/mol. The molecule has 0 spiro atoms. The summed E-state index contributed by atoms with van der Waals surface area (Å²) in [6, 6.07) is 15.1. The number of aryl methyl sites for hydroxylation is 3. The highest BCUT2D eigenvalue weighted by Crippen LogP contribution is 2.31. The van der Waals surface area contributed by atoms with E-state index in [4.69, 9.17) is 4.98 Å². The molecule has 0 saturated heterocycles. The fraction of sp³-hybridized carbons (Fsp3) is 0.345. The summed E-state index contributed by atoms with van der Waals surface area (Å²) in [4.78, 5) is 14.3. The van der Waals surface area contributed by atoms with E-state index in [1.165, 1.54) is 32.1 Å². The van der Waals surface area contributed by atoms with Crippen LogP contribution in [-0.2, 0) is 16.4 Å². The minimum atomic E-state index is -3.72. The van der Waals surface area contributed by atoms with Gasteiger partial charge < -0.3 is 5.32 Å². The average Bonchev–Trinajstić information content (AvgIpc) is 2.88. The van der Waals surface area contributed by atoms with E-state index in [1.807, 2.05) is 32.2 Å². The molecule has 1 fully saturated rings. The molecule has 2 N–H and O–H groups in total. The Bertz CT molecular complexity index is 1550. The van der Waals surface area contributed by atoms with Crippen LogP contribution in [0.25, 0.3) is 22.0 Å². The molecule has 37 heavy (non-hydrogen) atoms. The zero-order valence-electron chi connectivity index (χ0n) is 21.6. The van der Waals surface area contributed by atoms with Crippen molar-refractivity contribution in [3.8, 4) is 11.1 Å². The number of nitrogens with one attached hydrogen (secondary N) is 2. The smallest absolute Gasteiger partial charge is 0.263 e. The fourth-order valence-corrected chi connectivity index (χ4v) is 6.15. The molecule has 5 rings (SSSR count). The lowest BCUT2D eigenvalue weighted by Crippen LogP contribution is -2.23. The summed E-state index contributed by atoms with van der Waals surface area (Å²) < 4.78 is 28.3. The van der Waals surface area contributed by atoms with Crippen LogP contribution in [0.15, 0.2) is 59.6 Å². The van der Waals surface area contributed by atoms with Crippen LogP contribution in [-0.4, -0.2) is 29.4 Å². The van der Waals surface area contributed by atoms with Gasteiger partial charge in [-0.05, 0) is 86.2 Å². The van der Waals surface area contributed by atoms with Crippen molar-refractivity contribution in [3.05, 3.63) is 71.5 Å². The summed E-state index contributed by atoms with van der Waals surface area (Å²) >= 11 is 0. The van der Waals surface area contributed by atoms with Crippen molar-refractivity contribution in [3.63, 3.8) is 0 Å². The van der Waals surface area contributed by atoms with Crippen molar-refractivity contribution in [2.75, 3.05) is 10.0 Å². The van der Waals surface area contributed by atoms with Crippen LogP contribution in [0.5, 0.6) is 0 Å². The number of anilines is 2. The van der Waals surface area contributed by atoms with Crippen LogP contribution in [0.2, 0.25) is 0 Å². The fourth-order valence-electron chi connectivity index (χ4n) is 5.05. The molecule has 0 atom stereocenters. The Labute approximate surface area is 218 Å². The van der Waals surface area contributed by atoms with Gasteiger partial charge in [-0.25, -0.2) is 23.4 Å². The Hall–Kier alpha value is -3.52. The molecular formula is C29H33N5O2S. The molecule has 4 aromatic rings. The van der Waals surface area contributed by atoms with Crippen molar-refractivity contribution in [1.82, 2.24) is 15.0 Å². The molecule has 2 aromatic heterocycles. The summed E-state index contributed by atoms with van der Waals surface area (Å²) in [6.45, 7) is 5.88. The van der Waals surface area contributed by atoms with E-state index in [1.54, 1.807) is 24.3 Å². The number of rotatable bonds is 7. The van der Waals surface area contributed by atoms with E-state index in [0.29, 0.717) is 17.8 Å². The molecule has 2 heterocycles. The van der Waals surface area contributed by atoms with E-state index in [0.717, 1.165) is 45.3 Å². The first kappa shape index (κ1) is 25.1. The Morgan fingerprint density at radius 2 is 1.78 bits per heavy atom. The molecule has 192 valence electrons. The summed E-state index contributed by atoms with van der Waals surface area (Å²) in [6.07, 6.45) is 8.90. The molecule has 0 bridgehead atoms. The number of sulfonamides is 1. The van der Waals surface area contributed by atoms with E-state index in [2.05, 4.69) is 39.1 Å². The first-order valence-electron chi connectivity index (χ1n) is 13.0. The van der Waals surface area contributed by atoms with Crippen molar-refractivity contribution in [2.24, 2.45) is 0 Å². The molecule has 1 saturated carbocycles. The predicted octanol–water partition coefficient (Wildman–Crippen LogP) is 6.42. The van der Waals surface area contributed by atoms with E-state index in [-0.39, 0.29) is 4.90 Å². The average molecular weight is 516 g/mol. The number of nitrogens with zero attached hydrogens (tertiary/aromatic N) is 3. The van der Waals surface area contributed by atoms with Gasteiger partial charge in [-0.3, -0.25) is 4.72 Å². The van der Waals surface area contributed by atoms with Gasteiger partial charge in [-0.2, -0.15) is 0 Å². The first-order valence-corrected chi connectivity index (χ1v) is 14.4. The third-order valence-corrected chi connectivity index (χ3v) is 8.37. The van der Waals surface area contributed by atoms with Crippen LogP contribution in [0.1, 0.15) is 55.8 Å². The summed E-state index contributed by atoms with van der Waals surface area (Å²) in [5.41, 5.74) is 5.69. The van der Waals surface area contributed by atoms with Crippen LogP contribution < -0.4 is 10.0 Å². The third kappa shape index (κ3) is 5.59. The molecule has 0 amide bonds. The largest absolute Gasteiger partial charge is 0.351 e. The Kier molecular flexibility index (Phi) is 7.11. The van der Waals surface area contributed by atoms with Gasteiger partial charge in [0, 0.05) is 28.9 Å². The van der Waals surface area contributed by atoms with Gasteiger partial charge in [0.15, 0.2) is 0 Å². The maximum atomic E-state index is 12.8. The minimum absolute atomic E-state index is 0.218. The van der Waals surface area contributed by atoms with Gasteiger partial charge in [0.05, 0.1) is 10.4 Å². The number of hydrogen-bond acceptors (Lipinski definition) is 6. The second-order valence-electron chi connectivity index (χ2n) is 9.85. The third-order valence-electron chi connectivity index (χ3n) is 7.02. The topological polar surface area (TPSA) is 96.9 Å². The number of hydrogen-bond donors (Lipinski definition) is 2. The lowest BCUT2D eigenvalue weighted by Gasteiger charge is -2.22. The maximum absolute atomic E-state index is 12.8. The number of benzene rings is 2. The highest BCUT2D eigenvalue weighted by atomic mass is 32.2. The standard InChI is InChI=1S/C29H33N5O2S/c1-4-21-16-22(17-23-18-30-29(33-28(21)23)32-24-10-6-5-7-11-24)26-13-14-27(31-20(26)3)34-37(35,36)25-12-8-9-19(2)15-25/h8-9,12-18,24H,4-7,10-11H2,1-3H3,(H,31,34)(H,30,32,33). The van der Waals surface area contributed by atoms with E-state index < -0.39 is 10.0 Å². The second kappa shape index (κ2) is 10.5. The summed E-state index contributed by atoms with van der Waals surface area (Å²) in [5.74, 6) is 0.992. The highest BCUT2D eigenvalue weighted by Gasteiger charge is 2.18. The molecule has 7 nitrogen and oxygen atoms in total. The van der Waals surface area contributed by atoms with Crippen LogP contribution in [0, 0.1) is 13.8 Å².